The van der Waals surface area contributed by atoms with E-state index in [1.807, 2.05) is 24.3 Å². The number of nitrogens with zero attached hydrogens (tertiary/aromatic N) is 3. The molecule has 0 atom stereocenters. The van der Waals surface area contributed by atoms with Crippen molar-refractivity contribution in [3.05, 3.63) is 58.9 Å². The number of anilines is 1. The van der Waals surface area contributed by atoms with Crippen LogP contribution >= 0.6 is 11.6 Å². The van der Waals surface area contributed by atoms with E-state index in [0.717, 1.165) is 29.3 Å². The van der Waals surface area contributed by atoms with Gasteiger partial charge < -0.3 is 15.4 Å². The quantitative estimate of drug-likeness (QED) is 0.326. The zero-order chi connectivity index (χ0) is 22.3. The monoisotopic (exact) mass is 468 g/mol. The van der Waals surface area contributed by atoms with Crippen LogP contribution in [0.1, 0.15) is 55.5 Å². The Morgan fingerprint density at radius 1 is 1.12 bits per heavy atom. The molecule has 2 N–H and O–H groups in total. The molecular formula is C26H33ClN4O2. The van der Waals surface area contributed by atoms with Crippen molar-refractivity contribution >= 4 is 34.0 Å². The Balaban J connectivity index is 0.00000306. The van der Waals surface area contributed by atoms with Crippen LogP contribution in [0.15, 0.2) is 42.7 Å². The number of ketones is 1. The molecule has 0 radical (unpaired) electrons. The van der Waals surface area contributed by atoms with Gasteiger partial charge in [-0.3, -0.25) is 4.79 Å². The number of ether oxygens (including phenoxy) is 1. The number of pyridine rings is 2. The van der Waals surface area contributed by atoms with E-state index >= 15 is 0 Å². The summed E-state index contributed by atoms with van der Waals surface area (Å²) in [6, 6.07) is 9.56. The highest BCUT2D eigenvalue weighted by Gasteiger charge is 2.13. The van der Waals surface area contributed by atoms with E-state index in [0.29, 0.717) is 41.7 Å². The smallest absolute Gasteiger partial charge is 0.232 e. The van der Waals surface area contributed by atoms with Gasteiger partial charge in [-0.1, -0.05) is 43.6 Å². The summed E-state index contributed by atoms with van der Waals surface area (Å²) >= 11 is 6.33. The largest absolute Gasteiger partial charge is 0.477 e. The fourth-order valence-electron chi connectivity index (χ4n) is 4.13. The highest BCUT2D eigenvalue weighted by Crippen LogP contribution is 2.24. The number of carbonyl (C=O) groups is 1. The molecule has 3 heterocycles. The molecule has 3 aromatic rings. The molecule has 0 saturated carbocycles. The Hall–Kier alpha value is -2.70. The lowest BCUT2D eigenvalue weighted by Crippen LogP contribution is -2.31. The second kappa shape index (κ2) is 12.0. The van der Waals surface area contributed by atoms with E-state index in [2.05, 4.69) is 14.9 Å². The molecule has 0 unspecified atom stereocenters. The molecule has 1 fully saturated rings. The number of benzene rings is 1. The van der Waals surface area contributed by atoms with E-state index in [4.69, 9.17) is 22.1 Å². The molecule has 7 heteroatoms. The molecule has 1 saturated heterocycles. The minimum Gasteiger partial charge on any atom is -0.477 e. The van der Waals surface area contributed by atoms with E-state index in [9.17, 15) is 4.79 Å². The van der Waals surface area contributed by atoms with Gasteiger partial charge >= 0.3 is 0 Å². The molecule has 0 spiro atoms. The summed E-state index contributed by atoms with van der Waals surface area (Å²) in [5.74, 6) is 0.910. The molecule has 33 heavy (non-hydrogen) atoms. The second-order valence-electron chi connectivity index (χ2n) is 8.29. The number of halogens is 1. The number of aryl methyl sites for hydroxylation is 1. The van der Waals surface area contributed by atoms with Gasteiger partial charge in [-0.2, -0.15) is 0 Å². The summed E-state index contributed by atoms with van der Waals surface area (Å²) in [6.45, 7) is 3.96. The molecule has 0 amide bonds. The molecule has 176 valence electrons. The molecule has 6 nitrogen and oxygen atoms in total. The molecule has 4 rings (SSSR count). The number of fused-ring (bicyclic) bond motifs is 1. The van der Waals surface area contributed by atoms with Crippen molar-refractivity contribution in [3.8, 4) is 5.88 Å². The second-order valence-corrected chi connectivity index (χ2v) is 8.70. The first-order valence-electron chi connectivity index (χ1n) is 11.3. The summed E-state index contributed by atoms with van der Waals surface area (Å²) in [4.78, 5) is 23.5. The summed E-state index contributed by atoms with van der Waals surface area (Å²) in [7, 11) is 0. The van der Waals surface area contributed by atoms with E-state index in [1.54, 1.807) is 18.5 Å². The fraction of sp³-hybridized carbons (Fsp3) is 0.423. The van der Waals surface area contributed by atoms with Crippen molar-refractivity contribution < 1.29 is 9.53 Å². The van der Waals surface area contributed by atoms with Crippen molar-refractivity contribution in [2.75, 3.05) is 32.0 Å². The number of hydrogen-bond donors (Lipinski definition) is 1. The highest BCUT2D eigenvalue weighted by atomic mass is 35.5. The van der Waals surface area contributed by atoms with E-state index in [-0.39, 0.29) is 13.2 Å². The number of piperidine rings is 1. The number of hydrogen-bond acceptors (Lipinski definition) is 6. The number of Topliss-reactive ketones (excluding diaryl/α,β-unsaturated/α-hetero) is 1. The van der Waals surface area contributed by atoms with Gasteiger partial charge in [-0.25, -0.2) is 9.97 Å². The van der Waals surface area contributed by atoms with Crippen molar-refractivity contribution in [2.45, 2.75) is 46.0 Å². The number of rotatable bonds is 9. The number of likely N-dealkylation sites (tertiary alicyclic amines) is 1. The van der Waals surface area contributed by atoms with Crippen LogP contribution in [0.2, 0.25) is 5.02 Å². The maximum Gasteiger partial charge on any atom is 0.232 e. The highest BCUT2D eigenvalue weighted by molar-refractivity contribution is 6.32. The molecule has 1 aliphatic rings. The number of nitrogen functional groups attached to an aromatic ring is 1. The average molecular weight is 469 g/mol. The predicted octanol–water partition coefficient (Wildman–Crippen LogP) is 5.57. The first-order chi connectivity index (χ1) is 15.6. The zero-order valence-electron chi connectivity index (χ0n) is 18.2. The third kappa shape index (κ3) is 6.65. The molecule has 0 bridgehead atoms. The SMILES string of the molecule is C.Nc1nccc2cc(CCC(=O)c3cnc(OCCCN4CCCCC4)c(Cl)c3)ccc12. The first-order valence-corrected chi connectivity index (χ1v) is 11.6. The number of nitrogens with two attached hydrogens (primary N) is 1. The van der Waals surface area contributed by atoms with Crippen LogP contribution in [0.3, 0.4) is 0 Å². The van der Waals surface area contributed by atoms with E-state index < -0.39 is 0 Å². The fourth-order valence-corrected chi connectivity index (χ4v) is 4.35. The molecule has 1 aromatic carbocycles. The topological polar surface area (TPSA) is 81.3 Å². The first kappa shape index (κ1) is 24.9. The third-order valence-electron chi connectivity index (χ3n) is 5.94. The maximum atomic E-state index is 12.7. The average Bonchev–Trinajstić information content (AvgIpc) is 2.82. The van der Waals surface area contributed by atoms with Crippen LogP contribution < -0.4 is 10.5 Å². The molecular weight excluding hydrogens is 436 g/mol. The summed E-state index contributed by atoms with van der Waals surface area (Å²) in [5.41, 5.74) is 7.48. The zero-order valence-corrected chi connectivity index (χ0v) is 19.0. The van der Waals surface area contributed by atoms with Crippen molar-refractivity contribution in [2.24, 2.45) is 0 Å². The van der Waals surface area contributed by atoms with Crippen LogP contribution in [-0.2, 0) is 6.42 Å². The Morgan fingerprint density at radius 2 is 1.94 bits per heavy atom. The predicted molar refractivity (Wildman–Crippen MR) is 135 cm³/mol. The normalized spacial score (nSPS) is 14.1. The van der Waals surface area contributed by atoms with Crippen LogP contribution in [0.4, 0.5) is 5.82 Å². The molecule has 1 aliphatic heterocycles. The van der Waals surface area contributed by atoms with Gasteiger partial charge in [-0.15, -0.1) is 0 Å². The van der Waals surface area contributed by atoms with Gasteiger partial charge in [-0.05, 0) is 61.9 Å². The number of carbonyl (C=O) groups excluding carboxylic acids is 1. The van der Waals surface area contributed by atoms with Crippen LogP contribution in [-0.4, -0.2) is 46.9 Å². The van der Waals surface area contributed by atoms with Gasteiger partial charge in [0.2, 0.25) is 5.88 Å². The lowest BCUT2D eigenvalue weighted by atomic mass is 10.0. The standard InChI is InChI=1S/C25H29ClN4O2.CH4/c26-22-16-20(17-29-25(22)32-14-4-13-30-11-2-1-3-12-30)23(31)8-6-18-5-7-21-19(15-18)9-10-28-24(21)27;/h5,7,9-10,15-17H,1-4,6,8,11-14H2,(H2,27,28);1H4. The van der Waals surface area contributed by atoms with Crippen LogP contribution in [0, 0.1) is 0 Å². The minimum absolute atomic E-state index is 0. The summed E-state index contributed by atoms with van der Waals surface area (Å²) in [6.07, 6.45) is 9.11. The maximum absolute atomic E-state index is 12.7. The minimum atomic E-state index is 0. The lowest BCUT2D eigenvalue weighted by molar-refractivity contribution is 0.0982. The molecule has 0 aliphatic carbocycles. The van der Waals surface area contributed by atoms with Crippen LogP contribution in [0.5, 0.6) is 5.88 Å². The van der Waals surface area contributed by atoms with Crippen molar-refractivity contribution in [1.82, 2.24) is 14.9 Å². The molecule has 2 aromatic heterocycles. The van der Waals surface area contributed by atoms with Crippen LogP contribution in [0.25, 0.3) is 10.8 Å². The Bertz CT molecular complexity index is 1080. The van der Waals surface area contributed by atoms with Crippen molar-refractivity contribution in [3.63, 3.8) is 0 Å². The van der Waals surface area contributed by atoms with Gasteiger partial charge in [0.1, 0.15) is 10.8 Å². The van der Waals surface area contributed by atoms with E-state index in [1.165, 1.54) is 32.4 Å². The Morgan fingerprint density at radius 3 is 2.73 bits per heavy atom. The Kier molecular flexibility index (Phi) is 9.03. The van der Waals surface area contributed by atoms with Gasteiger partial charge in [0.15, 0.2) is 5.78 Å². The third-order valence-corrected chi connectivity index (χ3v) is 6.21. The lowest BCUT2D eigenvalue weighted by Gasteiger charge is -2.26. The summed E-state index contributed by atoms with van der Waals surface area (Å²) in [5, 5.41) is 2.32. The number of aromatic nitrogens is 2. The van der Waals surface area contributed by atoms with Gasteiger partial charge in [0.25, 0.3) is 0 Å². The van der Waals surface area contributed by atoms with Gasteiger partial charge in [0, 0.05) is 36.3 Å². The Labute approximate surface area is 201 Å². The van der Waals surface area contributed by atoms with Crippen molar-refractivity contribution in [1.29, 1.82) is 0 Å². The summed E-state index contributed by atoms with van der Waals surface area (Å²) < 4.78 is 5.75. The van der Waals surface area contributed by atoms with Gasteiger partial charge in [0.05, 0.1) is 6.61 Å².